The summed E-state index contributed by atoms with van der Waals surface area (Å²) in [5, 5.41) is 0. The van der Waals surface area contributed by atoms with Crippen molar-refractivity contribution in [3.05, 3.63) is 35.6 Å². The molecule has 0 radical (unpaired) electrons. The highest BCUT2D eigenvalue weighted by Gasteiger charge is 2.35. The zero-order valence-electron chi connectivity index (χ0n) is 15.5. The minimum absolute atomic E-state index is 0.0690. The number of Topliss-reactive ketones (excluding diaryl/α,β-unsaturated/α-hetero) is 1. The predicted molar refractivity (Wildman–Crippen MR) is 95.1 cm³/mol. The average Bonchev–Trinajstić information content (AvgIpc) is 2.78. The summed E-state index contributed by atoms with van der Waals surface area (Å²) in [7, 11) is 0. The molecule has 1 aromatic carbocycles. The Balaban J connectivity index is 2.20. The second kappa shape index (κ2) is 7.98. The normalized spacial score (nSPS) is 19.9. The number of ketones is 1. The lowest BCUT2D eigenvalue weighted by Gasteiger charge is -2.35. The van der Waals surface area contributed by atoms with E-state index in [-0.39, 0.29) is 29.7 Å². The lowest BCUT2D eigenvalue weighted by Crippen LogP contribution is -2.47. The van der Waals surface area contributed by atoms with Crippen molar-refractivity contribution in [3.8, 4) is 0 Å². The van der Waals surface area contributed by atoms with Crippen LogP contribution in [0.5, 0.6) is 0 Å². The molecule has 2 atom stereocenters. The lowest BCUT2D eigenvalue weighted by molar-refractivity contribution is 0.0116. The summed E-state index contributed by atoms with van der Waals surface area (Å²) in [5.74, 6) is -0.800. The number of carbonyl (C=O) groups is 2. The Kier molecular flexibility index (Phi) is 6.20. The summed E-state index contributed by atoms with van der Waals surface area (Å²) in [5.41, 5.74) is -0.0969. The zero-order valence-corrected chi connectivity index (χ0v) is 15.5. The molecule has 0 aromatic heterocycles. The molecule has 1 amide bonds. The van der Waals surface area contributed by atoms with Crippen molar-refractivity contribution < 1.29 is 18.7 Å². The highest BCUT2D eigenvalue weighted by Crippen LogP contribution is 2.27. The van der Waals surface area contributed by atoms with E-state index in [1.807, 2.05) is 27.7 Å². The fraction of sp³-hybridized carbons (Fsp3) is 0.600. The van der Waals surface area contributed by atoms with Gasteiger partial charge in [-0.15, -0.1) is 0 Å². The number of likely N-dealkylation sites (tertiary alicyclic amines) is 1. The van der Waals surface area contributed by atoms with Crippen LogP contribution in [0.2, 0.25) is 0 Å². The van der Waals surface area contributed by atoms with Gasteiger partial charge in [0.05, 0.1) is 0 Å². The van der Waals surface area contributed by atoms with Gasteiger partial charge in [0, 0.05) is 24.1 Å². The molecule has 2 rings (SSSR count). The zero-order chi connectivity index (χ0) is 18.6. The number of halogens is 1. The summed E-state index contributed by atoms with van der Waals surface area (Å²) in [4.78, 5) is 27.2. The van der Waals surface area contributed by atoms with Crippen LogP contribution in [0.4, 0.5) is 9.18 Å². The van der Waals surface area contributed by atoms with Gasteiger partial charge in [0.2, 0.25) is 0 Å². The highest BCUT2D eigenvalue weighted by atomic mass is 19.1. The van der Waals surface area contributed by atoms with Crippen LogP contribution in [0.3, 0.4) is 0 Å². The van der Waals surface area contributed by atoms with Gasteiger partial charge in [0.15, 0.2) is 5.78 Å². The molecule has 0 aliphatic carbocycles. The van der Waals surface area contributed by atoms with Crippen molar-refractivity contribution in [1.82, 2.24) is 4.90 Å². The van der Waals surface area contributed by atoms with Gasteiger partial charge in [-0.3, -0.25) is 4.79 Å². The minimum Gasteiger partial charge on any atom is -0.444 e. The van der Waals surface area contributed by atoms with Crippen molar-refractivity contribution in [2.45, 2.75) is 65.0 Å². The van der Waals surface area contributed by atoms with E-state index in [4.69, 9.17) is 4.74 Å². The van der Waals surface area contributed by atoms with Crippen LogP contribution in [0, 0.1) is 11.7 Å². The third-order valence-electron chi connectivity index (χ3n) is 4.55. The van der Waals surface area contributed by atoms with Gasteiger partial charge in [-0.25, -0.2) is 9.18 Å². The van der Waals surface area contributed by atoms with Gasteiger partial charge in [0.1, 0.15) is 11.4 Å². The second-order valence-electron chi connectivity index (χ2n) is 7.75. The summed E-state index contributed by atoms with van der Waals surface area (Å²) < 4.78 is 18.6. The number of amides is 1. The molecular weight excluding hydrogens is 321 g/mol. The molecular formula is C20H28FNO3. The Morgan fingerprint density at radius 1 is 1.16 bits per heavy atom. The van der Waals surface area contributed by atoms with Crippen LogP contribution in [-0.2, 0) is 4.74 Å². The molecule has 1 aliphatic rings. The SMILES string of the molecule is CC(C(=O)c1ccc(F)cc1)C1CCCCCN1C(=O)OC(C)(C)C. The molecule has 1 fully saturated rings. The van der Waals surface area contributed by atoms with Crippen molar-refractivity contribution in [3.63, 3.8) is 0 Å². The molecule has 1 saturated heterocycles. The standard InChI is InChI=1S/C20H28FNO3/c1-14(18(23)15-9-11-16(21)12-10-15)17-8-6-5-7-13-22(17)19(24)25-20(2,3)4/h9-12,14,17H,5-8,13H2,1-4H3. The number of nitrogens with zero attached hydrogens (tertiary/aromatic N) is 1. The molecule has 4 nitrogen and oxygen atoms in total. The van der Waals surface area contributed by atoms with Crippen LogP contribution in [0.25, 0.3) is 0 Å². The molecule has 2 unspecified atom stereocenters. The van der Waals surface area contributed by atoms with E-state index in [1.165, 1.54) is 24.3 Å². The van der Waals surface area contributed by atoms with Crippen LogP contribution >= 0.6 is 0 Å². The quantitative estimate of drug-likeness (QED) is 0.735. The van der Waals surface area contributed by atoms with Gasteiger partial charge in [-0.1, -0.05) is 19.8 Å². The summed E-state index contributed by atoms with van der Waals surface area (Å²) in [6.07, 6.45) is 3.33. The van der Waals surface area contributed by atoms with Gasteiger partial charge in [0.25, 0.3) is 0 Å². The van der Waals surface area contributed by atoms with Gasteiger partial charge < -0.3 is 9.64 Å². The highest BCUT2D eigenvalue weighted by molar-refractivity contribution is 5.98. The number of rotatable bonds is 3. The van der Waals surface area contributed by atoms with Gasteiger partial charge >= 0.3 is 6.09 Å². The smallest absolute Gasteiger partial charge is 0.410 e. The molecule has 0 N–H and O–H groups in total. The molecule has 138 valence electrons. The maximum Gasteiger partial charge on any atom is 0.410 e. The first-order valence-electron chi connectivity index (χ1n) is 8.98. The predicted octanol–water partition coefficient (Wildman–Crippen LogP) is 4.82. The number of benzene rings is 1. The van der Waals surface area contributed by atoms with Crippen molar-refractivity contribution in [2.75, 3.05) is 6.54 Å². The first kappa shape index (κ1) is 19.4. The summed E-state index contributed by atoms with van der Waals surface area (Å²) in [6.45, 7) is 7.96. The van der Waals surface area contributed by atoms with E-state index >= 15 is 0 Å². The number of carbonyl (C=O) groups excluding carboxylic acids is 2. The maximum absolute atomic E-state index is 13.1. The Morgan fingerprint density at radius 2 is 1.80 bits per heavy atom. The van der Waals surface area contributed by atoms with E-state index < -0.39 is 5.60 Å². The molecule has 25 heavy (non-hydrogen) atoms. The van der Waals surface area contributed by atoms with Crippen LogP contribution in [0.15, 0.2) is 24.3 Å². The third kappa shape index (κ3) is 5.28. The molecule has 0 bridgehead atoms. The van der Waals surface area contributed by atoms with Crippen LogP contribution < -0.4 is 0 Å². The topological polar surface area (TPSA) is 46.6 Å². The molecule has 0 saturated carbocycles. The second-order valence-corrected chi connectivity index (χ2v) is 7.75. The Morgan fingerprint density at radius 3 is 2.40 bits per heavy atom. The third-order valence-corrected chi connectivity index (χ3v) is 4.55. The first-order chi connectivity index (χ1) is 11.7. The van der Waals surface area contributed by atoms with E-state index in [1.54, 1.807) is 4.90 Å². The van der Waals surface area contributed by atoms with Crippen molar-refractivity contribution in [2.24, 2.45) is 5.92 Å². The van der Waals surface area contributed by atoms with E-state index in [0.717, 1.165) is 25.7 Å². The van der Waals surface area contributed by atoms with E-state index in [2.05, 4.69) is 0 Å². The fourth-order valence-electron chi connectivity index (χ4n) is 3.25. The molecule has 1 aliphatic heterocycles. The van der Waals surface area contributed by atoms with Crippen molar-refractivity contribution >= 4 is 11.9 Å². The Labute approximate surface area is 149 Å². The van der Waals surface area contributed by atoms with Crippen LogP contribution in [0.1, 0.15) is 63.7 Å². The Bertz CT molecular complexity index is 606. The monoisotopic (exact) mass is 349 g/mol. The summed E-state index contributed by atoms with van der Waals surface area (Å²) >= 11 is 0. The van der Waals surface area contributed by atoms with Crippen molar-refractivity contribution in [1.29, 1.82) is 0 Å². The van der Waals surface area contributed by atoms with E-state index in [0.29, 0.717) is 12.1 Å². The molecule has 0 spiro atoms. The maximum atomic E-state index is 13.1. The molecule has 5 heteroatoms. The number of hydrogen-bond acceptors (Lipinski definition) is 3. The largest absolute Gasteiger partial charge is 0.444 e. The lowest BCUT2D eigenvalue weighted by atomic mass is 9.89. The number of ether oxygens (including phenoxy) is 1. The van der Waals surface area contributed by atoms with Gasteiger partial charge in [-0.05, 0) is 57.9 Å². The Hall–Kier alpha value is -1.91. The first-order valence-corrected chi connectivity index (χ1v) is 8.98. The molecule has 1 heterocycles. The summed E-state index contributed by atoms with van der Waals surface area (Å²) in [6, 6.07) is 5.39. The fourth-order valence-corrected chi connectivity index (χ4v) is 3.25. The number of hydrogen-bond donors (Lipinski definition) is 0. The molecule has 1 aromatic rings. The van der Waals surface area contributed by atoms with Gasteiger partial charge in [-0.2, -0.15) is 0 Å². The van der Waals surface area contributed by atoms with E-state index in [9.17, 15) is 14.0 Å². The average molecular weight is 349 g/mol. The minimum atomic E-state index is -0.571. The van der Waals surface area contributed by atoms with Crippen LogP contribution in [-0.4, -0.2) is 35.0 Å².